The van der Waals surface area contributed by atoms with E-state index in [1.165, 1.54) is 12.0 Å². The van der Waals surface area contributed by atoms with E-state index in [9.17, 15) is 9.90 Å². The number of carbonyl (C=O) groups is 1. The Bertz CT molecular complexity index is 476. The van der Waals surface area contributed by atoms with Crippen molar-refractivity contribution in [3.05, 3.63) is 29.8 Å². The van der Waals surface area contributed by atoms with Crippen LogP contribution in [-0.4, -0.2) is 36.8 Å². The van der Waals surface area contributed by atoms with Crippen LogP contribution in [0.5, 0.6) is 5.75 Å². The highest BCUT2D eigenvalue weighted by molar-refractivity contribution is 5.77. The highest BCUT2D eigenvalue weighted by atomic mass is 16.5. The number of aliphatic hydroxyl groups is 1. The number of hydrogen-bond donors (Lipinski definition) is 3. The van der Waals surface area contributed by atoms with Gasteiger partial charge in [0.15, 0.2) is 6.61 Å². The van der Waals surface area contributed by atoms with Gasteiger partial charge in [0.05, 0.1) is 6.10 Å². The van der Waals surface area contributed by atoms with Gasteiger partial charge in [0.1, 0.15) is 5.75 Å². The van der Waals surface area contributed by atoms with E-state index in [0.717, 1.165) is 32.4 Å². The molecule has 0 aliphatic heterocycles. The lowest BCUT2D eigenvalue weighted by Gasteiger charge is -2.26. The van der Waals surface area contributed by atoms with Crippen LogP contribution < -0.4 is 15.4 Å². The van der Waals surface area contributed by atoms with Crippen molar-refractivity contribution in [2.24, 2.45) is 5.92 Å². The Morgan fingerprint density at radius 1 is 1.30 bits per heavy atom. The van der Waals surface area contributed by atoms with E-state index in [-0.39, 0.29) is 18.6 Å². The predicted molar refractivity (Wildman–Crippen MR) is 90.3 cm³/mol. The average Bonchev–Trinajstić information content (AvgIpc) is 2.54. The molecule has 1 fully saturated rings. The first kappa shape index (κ1) is 17.8. The summed E-state index contributed by atoms with van der Waals surface area (Å²) >= 11 is 0. The second-order valence-electron chi connectivity index (χ2n) is 6.20. The molecule has 2 rings (SSSR count). The lowest BCUT2D eigenvalue weighted by molar-refractivity contribution is -0.122. The van der Waals surface area contributed by atoms with Crippen molar-refractivity contribution in [2.45, 2.75) is 45.3 Å². The number of hydrogen-bond acceptors (Lipinski definition) is 4. The van der Waals surface area contributed by atoms with E-state index < -0.39 is 0 Å². The third-order valence-electron chi connectivity index (χ3n) is 4.18. The van der Waals surface area contributed by atoms with Gasteiger partial charge in [0.2, 0.25) is 0 Å². The van der Waals surface area contributed by atoms with Crippen molar-refractivity contribution in [3.8, 4) is 5.75 Å². The third kappa shape index (κ3) is 6.59. The van der Waals surface area contributed by atoms with Crippen molar-refractivity contribution in [3.63, 3.8) is 0 Å². The molecule has 1 aromatic carbocycles. The molecule has 0 bridgehead atoms. The minimum absolute atomic E-state index is 0.0510. The number of carbonyl (C=O) groups excluding carboxylic acids is 1. The maximum Gasteiger partial charge on any atom is 0.257 e. The number of amides is 1. The van der Waals surface area contributed by atoms with E-state index in [1.54, 1.807) is 0 Å². The maximum absolute atomic E-state index is 11.3. The molecule has 0 saturated heterocycles. The second kappa shape index (κ2) is 9.53. The molecule has 23 heavy (non-hydrogen) atoms. The molecule has 128 valence electrons. The zero-order chi connectivity index (χ0) is 16.5. The summed E-state index contributed by atoms with van der Waals surface area (Å²) in [7, 11) is 0. The van der Waals surface area contributed by atoms with Gasteiger partial charge in [0.25, 0.3) is 5.91 Å². The zero-order valence-corrected chi connectivity index (χ0v) is 13.9. The molecule has 0 aromatic heterocycles. The normalized spacial score (nSPS) is 21.0. The van der Waals surface area contributed by atoms with E-state index in [4.69, 9.17) is 4.74 Å². The highest BCUT2D eigenvalue weighted by Crippen LogP contribution is 2.23. The first-order valence-corrected chi connectivity index (χ1v) is 8.54. The first-order chi connectivity index (χ1) is 11.2. The summed E-state index contributed by atoms with van der Waals surface area (Å²) in [4.78, 5) is 11.3. The fourth-order valence-electron chi connectivity index (χ4n) is 2.97. The number of aliphatic hydroxyl groups excluding tert-OH is 1. The van der Waals surface area contributed by atoms with Crippen molar-refractivity contribution >= 4 is 5.91 Å². The molecule has 0 spiro atoms. The smallest absolute Gasteiger partial charge is 0.257 e. The van der Waals surface area contributed by atoms with Gasteiger partial charge >= 0.3 is 0 Å². The van der Waals surface area contributed by atoms with Gasteiger partial charge in [-0.05, 0) is 56.3 Å². The van der Waals surface area contributed by atoms with Crippen molar-refractivity contribution in [1.82, 2.24) is 10.6 Å². The minimum Gasteiger partial charge on any atom is -0.484 e. The van der Waals surface area contributed by atoms with E-state index in [2.05, 4.69) is 10.6 Å². The van der Waals surface area contributed by atoms with Gasteiger partial charge in [-0.25, -0.2) is 0 Å². The summed E-state index contributed by atoms with van der Waals surface area (Å²) in [5.41, 5.74) is 1.19. The number of ether oxygens (including phenoxy) is 1. The van der Waals surface area contributed by atoms with Crippen LogP contribution in [-0.2, 0) is 11.3 Å². The maximum atomic E-state index is 11.3. The third-order valence-corrected chi connectivity index (χ3v) is 4.18. The van der Waals surface area contributed by atoms with Gasteiger partial charge in [-0.1, -0.05) is 18.6 Å². The summed E-state index contributed by atoms with van der Waals surface area (Å²) in [5.74, 6) is 1.18. The summed E-state index contributed by atoms with van der Waals surface area (Å²) in [6, 6.07) is 7.80. The van der Waals surface area contributed by atoms with Crippen LogP contribution in [0, 0.1) is 5.92 Å². The molecule has 1 aliphatic carbocycles. The van der Waals surface area contributed by atoms with Crippen LogP contribution in [0.25, 0.3) is 0 Å². The minimum atomic E-state index is -0.114. The van der Waals surface area contributed by atoms with E-state index in [0.29, 0.717) is 18.2 Å². The Labute approximate surface area is 138 Å². The molecule has 5 nitrogen and oxygen atoms in total. The Balaban J connectivity index is 1.67. The molecule has 0 radical (unpaired) electrons. The van der Waals surface area contributed by atoms with Gasteiger partial charge in [-0.15, -0.1) is 0 Å². The van der Waals surface area contributed by atoms with Crippen LogP contribution in [0.1, 0.15) is 38.2 Å². The largest absolute Gasteiger partial charge is 0.484 e. The molecule has 0 heterocycles. The summed E-state index contributed by atoms with van der Waals surface area (Å²) in [5, 5.41) is 15.8. The van der Waals surface area contributed by atoms with Gasteiger partial charge in [-0.2, -0.15) is 0 Å². The fraction of sp³-hybridized carbons (Fsp3) is 0.611. The molecule has 1 amide bonds. The van der Waals surface area contributed by atoms with Crippen molar-refractivity contribution in [1.29, 1.82) is 0 Å². The molecule has 2 atom stereocenters. The van der Waals surface area contributed by atoms with Gasteiger partial charge in [0, 0.05) is 13.1 Å². The molecule has 1 aliphatic rings. The Morgan fingerprint density at radius 3 is 2.78 bits per heavy atom. The zero-order valence-electron chi connectivity index (χ0n) is 13.9. The quantitative estimate of drug-likeness (QED) is 0.683. The monoisotopic (exact) mass is 320 g/mol. The average molecular weight is 320 g/mol. The van der Waals surface area contributed by atoms with Crippen LogP contribution >= 0.6 is 0 Å². The molecular weight excluding hydrogens is 292 g/mol. The van der Waals surface area contributed by atoms with Crippen molar-refractivity contribution in [2.75, 3.05) is 19.7 Å². The van der Waals surface area contributed by atoms with E-state index >= 15 is 0 Å². The van der Waals surface area contributed by atoms with E-state index in [1.807, 2.05) is 31.2 Å². The summed E-state index contributed by atoms with van der Waals surface area (Å²) in [6.07, 6.45) is 4.09. The van der Waals surface area contributed by atoms with Crippen molar-refractivity contribution < 1.29 is 14.6 Å². The Hall–Kier alpha value is -1.59. The lowest BCUT2D eigenvalue weighted by Crippen LogP contribution is -2.29. The van der Waals surface area contributed by atoms with Crippen LogP contribution in [0.2, 0.25) is 0 Å². The van der Waals surface area contributed by atoms with Crippen LogP contribution in [0.3, 0.4) is 0 Å². The van der Waals surface area contributed by atoms with Gasteiger partial charge < -0.3 is 20.5 Å². The summed E-state index contributed by atoms with van der Waals surface area (Å²) in [6.45, 7) is 4.31. The molecule has 3 N–H and O–H groups in total. The standard InChI is InChI=1S/C18H28N2O3/c1-2-20-18(22)13-23-17-8-6-14(7-9-17)11-19-12-15-4-3-5-16(21)10-15/h6-9,15-16,19,21H,2-5,10-13H2,1H3,(H,20,22). The van der Waals surface area contributed by atoms with Gasteiger partial charge in [-0.3, -0.25) is 4.79 Å². The Kier molecular flexibility index (Phi) is 7.36. The lowest BCUT2D eigenvalue weighted by atomic mass is 9.87. The number of rotatable bonds is 8. The number of likely N-dealkylation sites (N-methyl/N-ethyl adjacent to an activating group) is 1. The number of nitrogens with one attached hydrogen (secondary N) is 2. The predicted octanol–water partition coefficient (Wildman–Crippen LogP) is 1.84. The fourth-order valence-corrected chi connectivity index (χ4v) is 2.97. The molecule has 2 unspecified atom stereocenters. The number of benzene rings is 1. The molecular formula is C18H28N2O3. The Morgan fingerprint density at radius 2 is 2.09 bits per heavy atom. The summed E-state index contributed by atoms with van der Waals surface area (Å²) < 4.78 is 5.43. The van der Waals surface area contributed by atoms with Crippen LogP contribution in [0.4, 0.5) is 0 Å². The SMILES string of the molecule is CCNC(=O)COc1ccc(CNCC2CCCC(O)C2)cc1. The topological polar surface area (TPSA) is 70.6 Å². The van der Waals surface area contributed by atoms with Crippen LogP contribution in [0.15, 0.2) is 24.3 Å². The second-order valence-corrected chi connectivity index (χ2v) is 6.20. The first-order valence-electron chi connectivity index (χ1n) is 8.54. The molecule has 1 saturated carbocycles. The molecule has 1 aromatic rings. The molecule has 5 heteroatoms. The highest BCUT2D eigenvalue weighted by Gasteiger charge is 2.19.